The molecule has 0 unspecified atom stereocenters. The number of hydrogen-bond donors (Lipinski definition) is 2. The van der Waals surface area contributed by atoms with Gasteiger partial charge >= 0.3 is 0 Å². The highest BCUT2D eigenvalue weighted by molar-refractivity contribution is 7.13. The number of aliphatic imine (C=N–C) groups is 1. The molecule has 0 aliphatic carbocycles. The number of hydrogen-bond acceptors (Lipinski definition) is 6. The zero-order chi connectivity index (χ0) is 19.5. The van der Waals surface area contributed by atoms with Crippen LogP contribution in [-0.2, 0) is 6.54 Å². The Hall–Kier alpha value is -2.48. The van der Waals surface area contributed by atoms with Crippen molar-refractivity contribution in [2.75, 3.05) is 45.8 Å². The number of nitrogens with one attached hydrogen (secondary N) is 2. The second-order valence-electron chi connectivity index (χ2n) is 6.02. The SMILES string of the molecule is CCNC(=NCc1csc(N(C)C)n1)NCCCOc1cccc(OC)c1. The Morgan fingerprint density at radius 1 is 1.26 bits per heavy atom. The molecule has 0 saturated carbocycles. The number of benzene rings is 1. The van der Waals surface area contributed by atoms with Crippen LogP contribution < -0.4 is 25.0 Å². The molecule has 0 saturated heterocycles. The minimum atomic E-state index is 0.556. The lowest BCUT2D eigenvalue weighted by atomic mass is 10.3. The molecule has 148 valence electrons. The Bertz CT molecular complexity index is 718. The molecule has 1 aromatic heterocycles. The summed E-state index contributed by atoms with van der Waals surface area (Å²) in [7, 11) is 5.63. The third kappa shape index (κ3) is 7.34. The van der Waals surface area contributed by atoms with E-state index in [0.29, 0.717) is 13.2 Å². The van der Waals surface area contributed by atoms with Crippen molar-refractivity contribution in [3.8, 4) is 11.5 Å². The summed E-state index contributed by atoms with van der Waals surface area (Å²) in [5.41, 5.74) is 0.974. The molecule has 0 atom stereocenters. The van der Waals surface area contributed by atoms with E-state index in [4.69, 9.17) is 9.47 Å². The second kappa shape index (κ2) is 11.3. The van der Waals surface area contributed by atoms with E-state index in [9.17, 15) is 0 Å². The van der Waals surface area contributed by atoms with Gasteiger partial charge in [0.05, 0.1) is 26.0 Å². The highest BCUT2D eigenvalue weighted by atomic mass is 32.1. The standard InChI is InChI=1S/C19H29N5O2S/c1-5-20-18(22-13-15-14-27-19(23-15)24(2)3)21-10-7-11-26-17-9-6-8-16(12-17)25-4/h6,8-9,12,14H,5,7,10-11,13H2,1-4H3,(H2,20,21,22). The van der Waals surface area contributed by atoms with Crippen molar-refractivity contribution >= 4 is 22.4 Å². The fourth-order valence-corrected chi connectivity index (χ4v) is 2.99. The zero-order valence-electron chi connectivity index (χ0n) is 16.5. The van der Waals surface area contributed by atoms with Crippen LogP contribution >= 0.6 is 11.3 Å². The molecule has 27 heavy (non-hydrogen) atoms. The average molecular weight is 392 g/mol. The van der Waals surface area contributed by atoms with Crippen molar-refractivity contribution in [1.29, 1.82) is 0 Å². The van der Waals surface area contributed by atoms with E-state index < -0.39 is 0 Å². The van der Waals surface area contributed by atoms with E-state index >= 15 is 0 Å². The van der Waals surface area contributed by atoms with Crippen LogP contribution in [0.4, 0.5) is 5.13 Å². The summed E-state index contributed by atoms with van der Waals surface area (Å²) in [5.74, 6) is 2.40. The Morgan fingerprint density at radius 3 is 2.78 bits per heavy atom. The van der Waals surface area contributed by atoms with Gasteiger partial charge in [0, 0.05) is 38.6 Å². The topological polar surface area (TPSA) is 71.0 Å². The van der Waals surface area contributed by atoms with Gasteiger partial charge in [-0.05, 0) is 25.5 Å². The molecule has 2 rings (SSSR count). The van der Waals surface area contributed by atoms with Crippen LogP contribution in [-0.4, -0.2) is 51.8 Å². The summed E-state index contributed by atoms with van der Waals surface area (Å²) in [6.07, 6.45) is 0.864. The molecule has 2 N–H and O–H groups in total. The lowest BCUT2D eigenvalue weighted by Gasteiger charge is -2.12. The molecule has 0 aliphatic rings. The largest absolute Gasteiger partial charge is 0.497 e. The van der Waals surface area contributed by atoms with E-state index in [-0.39, 0.29) is 0 Å². The Morgan fingerprint density at radius 2 is 2.07 bits per heavy atom. The number of methoxy groups -OCH3 is 1. The number of ether oxygens (including phenoxy) is 2. The van der Waals surface area contributed by atoms with Crippen molar-refractivity contribution in [2.24, 2.45) is 4.99 Å². The van der Waals surface area contributed by atoms with Gasteiger partial charge < -0.3 is 25.0 Å². The highest BCUT2D eigenvalue weighted by Gasteiger charge is 2.04. The van der Waals surface area contributed by atoms with Crippen LogP contribution in [0.25, 0.3) is 0 Å². The first kappa shape index (κ1) is 20.8. The van der Waals surface area contributed by atoms with E-state index in [1.165, 1.54) is 0 Å². The molecule has 0 amide bonds. The van der Waals surface area contributed by atoms with Crippen molar-refractivity contribution in [3.05, 3.63) is 35.3 Å². The van der Waals surface area contributed by atoms with Crippen LogP contribution in [0.3, 0.4) is 0 Å². The Labute approximate surface area is 165 Å². The minimum absolute atomic E-state index is 0.556. The molecule has 0 fully saturated rings. The van der Waals surface area contributed by atoms with Gasteiger partial charge in [0.2, 0.25) is 0 Å². The fourth-order valence-electron chi connectivity index (χ4n) is 2.24. The van der Waals surface area contributed by atoms with Gasteiger partial charge in [-0.15, -0.1) is 11.3 Å². The van der Waals surface area contributed by atoms with Crippen molar-refractivity contribution in [1.82, 2.24) is 15.6 Å². The van der Waals surface area contributed by atoms with Crippen LogP contribution in [0.1, 0.15) is 19.0 Å². The summed E-state index contributed by atoms with van der Waals surface area (Å²) in [5, 5.41) is 9.62. The smallest absolute Gasteiger partial charge is 0.191 e. The molecule has 7 nitrogen and oxygen atoms in total. The van der Waals surface area contributed by atoms with E-state index in [2.05, 4.69) is 27.5 Å². The normalized spacial score (nSPS) is 11.2. The van der Waals surface area contributed by atoms with Gasteiger partial charge in [0.15, 0.2) is 11.1 Å². The third-order valence-corrected chi connectivity index (χ3v) is 4.65. The maximum atomic E-state index is 5.75. The van der Waals surface area contributed by atoms with Gasteiger partial charge in [0.25, 0.3) is 0 Å². The van der Waals surface area contributed by atoms with E-state index in [0.717, 1.165) is 47.8 Å². The second-order valence-corrected chi connectivity index (χ2v) is 6.86. The summed E-state index contributed by atoms with van der Waals surface area (Å²) in [4.78, 5) is 11.2. The monoisotopic (exact) mass is 391 g/mol. The molecule has 1 heterocycles. The molecular weight excluding hydrogens is 362 g/mol. The number of thiazole rings is 1. The number of aromatic nitrogens is 1. The minimum Gasteiger partial charge on any atom is -0.497 e. The molecule has 0 aliphatic heterocycles. The number of anilines is 1. The predicted octanol–water partition coefficient (Wildman–Crippen LogP) is 2.74. The fraction of sp³-hybridized carbons (Fsp3) is 0.474. The van der Waals surface area contributed by atoms with Gasteiger partial charge in [-0.25, -0.2) is 9.98 Å². The van der Waals surface area contributed by atoms with E-state index in [1.54, 1.807) is 18.4 Å². The summed E-state index contributed by atoms with van der Waals surface area (Å²) < 4.78 is 10.9. The van der Waals surface area contributed by atoms with Gasteiger partial charge in [0.1, 0.15) is 11.5 Å². The van der Waals surface area contributed by atoms with Crippen LogP contribution in [0, 0.1) is 0 Å². The molecule has 8 heteroatoms. The summed E-state index contributed by atoms with van der Waals surface area (Å²) in [6, 6.07) is 7.63. The Kier molecular flexibility index (Phi) is 8.70. The van der Waals surface area contributed by atoms with Crippen molar-refractivity contribution < 1.29 is 9.47 Å². The van der Waals surface area contributed by atoms with Crippen molar-refractivity contribution in [3.63, 3.8) is 0 Å². The van der Waals surface area contributed by atoms with Crippen LogP contribution in [0.2, 0.25) is 0 Å². The first-order valence-corrected chi connectivity index (χ1v) is 9.91. The molecular formula is C19H29N5O2S. The maximum absolute atomic E-state index is 5.75. The molecule has 2 aromatic rings. The highest BCUT2D eigenvalue weighted by Crippen LogP contribution is 2.19. The predicted molar refractivity (Wildman–Crippen MR) is 112 cm³/mol. The lowest BCUT2D eigenvalue weighted by Crippen LogP contribution is -2.38. The van der Waals surface area contributed by atoms with Gasteiger partial charge in [-0.3, -0.25) is 0 Å². The summed E-state index contributed by atoms with van der Waals surface area (Å²) >= 11 is 1.63. The average Bonchev–Trinajstić information content (AvgIpc) is 3.15. The maximum Gasteiger partial charge on any atom is 0.191 e. The quantitative estimate of drug-likeness (QED) is 0.369. The van der Waals surface area contributed by atoms with Crippen molar-refractivity contribution in [2.45, 2.75) is 19.9 Å². The lowest BCUT2D eigenvalue weighted by molar-refractivity contribution is 0.308. The van der Waals surface area contributed by atoms with Gasteiger partial charge in [-0.2, -0.15) is 0 Å². The number of rotatable bonds is 10. The van der Waals surface area contributed by atoms with Crippen LogP contribution in [0.5, 0.6) is 11.5 Å². The molecule has 0 spiro atoms. The number of nitrogens with zero attached hydrogens (tertiary/aromatic N) is 3. The third-order valence-electron chi connectivity index (χ3n) is 3.59. The first-order chi connectivity index (χ1) is 13.1. The van der Waals surface area contributed by atoms with Crippen LogP contribution in [0.15, 0.2) is 34.6 Å². The number of guanidine groups is 1. The molecule has 0 bridgehead atoms. The molecule has 1 aromatic carbocycles. The summed E-state index contributed by atoms with van der Waals surface area (Å²) in [6.45, 7) is 4.82. The van der Waals surface area contributed by atoms with Gasteiger partial charge in [-0.1, -0.05) is 6.07 Å². The zero-order valence-corrected chi connectivity index (χ0v) is 17.3. The van der Waals surface area contributed by atoms with E-state index in [1.807, 2.05) is 48.6 Å². The Balaban J connectivity index is 1.74. The first-order valence-electron chi connectivity index (χ1n) is 9.03. The molecule has 0 radical (unpaired) electrons.